The first-order chi connectivity index (χ1) is 15.7. The molecule has 0 aliphatic carbocycles. The Balaban J connectivity index is 1.58. The van der Waals surface area contributed by atoms with Crippen molar-refractivity contribution >= 4 is 29.0 Å². The predicted octanol–water partition coefficient (Wildman–Crippen LogP) is 4.95. The van der Waals surface area contributed by atoms with Crippen molar-refractivity contribution in [2.75, 3.05) is 24.4 Å². The van der Waals surface area contributed by atoms with Gasteiger partial charge in [0, 0.05) is 18.5 Å². The van der Waals surface area contributed by atoms with E-state index in [1.54, 1.807) is 18.3 Å². The lowest BCUT2D eigenvalue weighted by Crippen LogP contribution is -2.27. The fourth-order valence-corrected chi connectivity index (χ4v) is 4.19. The van der Waals surface area contributed by atoms with Gasteiger partial charge in [0.1, 0.15) is 5.76 Å². The van der Waals surface area contributed by atoms with Gasteiger partial charge < -0.3 is 9.15 Å². The fraction of sp³-hybridized carbons (Fsp3) is 0.208. The molecule has 2 heterocycles. The van der Waals surface area contributed by atoms with Crippen LogP contribution in [0.25, 0.3) is 11.4 Å². The highest BCUT2D eigenvalue weighted by atomic mass is 32.2. The summed E-state index contributed by atoms with van der Waals surface area (Å²) in [7, 11) is 1.65. The highest BCUT2D eigenvalue weighted by Gasteiger charge is 2.21. The number of ether oxygens (including phenoxy) is 1. The minimum atomic E-state index is -0.0465. The second-order valence-corrected chi connectivity index (χ2v) is 7.97. The van der Waals surface area contributed by atoms with Crippen LogP contribution in [-0.4, -0.2) is 40.1 Å². The molecule has 0 aliphatic rings. The summed E-state index contributed by atoms with van der Waals surface area (Å²) in [5.41, 5.74) is 2.52. The lowest BCUT2D eigenvalue weighted by molar-refractivity contribution is -0.115. The molecule has 1 amide bonds. The van der Waals surface area contributed by atoms with Crippen LogP contribution in [0.2, 0.25) is 0 Å². The van der Waals surface area contributed by atoms with E-state index in [0.717, 1.165) is 22.7 Å². The van der Waals surface area contributed by atoms with Crippen molar-refractivity contribution in [1.82, 2.24) is 14.8 Å². The number of aromatic nitrogens is 3. The number of benzene rings is 2. The molecule has 0 unspecified atom stereocenters. The molecule has 2 aromatic heterocycles. The first-order valence-electron chi connectivity index (χ1n) is 10.2. The predicted molar refractivity (Wildman–Crippen MR) is 125 cm³/mol. The third kappa shape index (κ3) is 4.76. The van der Waals surface area contributed by atoms with Crippen LogP contribution in [0.5, 0.6) is 0 Å². The Morgan fingerprint density at radius 1 is 1.03 bits per heavy atom. The number of anilines is 2. The van der Waals surface area contributed by atoms with E-state index in [-0.39, 0.29) is 11.7 Å². The SMILES string of the molecule is COCCn1c(SCC(=O)N(c2ccccc2)c2ccccc2)nnc1-c1ccoc1C. The molecule has 164 valence electrons. The van der Waals surface area contributed by atoms with E-state index in [1.165, 1.54) is 11.8 Å². The maximum atomic E-state index is 13.3. The van der Waals surface area contributed by atoms with Gasteiger partial charge in [-0.1, -0.05) is 48.2 Å². The number of thioether (sulfide) groups is 1. The molecule has 32 heavy (non-hydrogen) atoms. The zero-order chi connectivity index (χ0) is 22.3. The maximum absolute atomic E-state index is 13.3. The number of rotatable bonds is 9. The standard InChI is InChI=1S/C24H24N4O3S/c1-18-21(13-15-31-18)23-25-26-24(27(23)14-16-30-2)32-17-22(29)28(19-9-5-3-6-10-19)20-11-7-4-8-12-20/h3-13,15H,14,16-17H2,1-2H3. The van der Waals surface area contributed by atoms with Crippen LogP contribution >= 0.6 is 11.8 Å². The first kappa shape index (κ1) is 21.9. The number of hydrogen-bond donors (Lipinski definition) is 0. The topological polar surface area (TPSA) is 73.4 Å². The number of furan rings is 1. The lowest BCUT2D eigenvalue weighted by atomic mass is 10.2. The van der Waals surface area contributed by atoms with Crippen LogP contribution in [-0.2, 0) is 16.1 Å². The third-order valence-electron chi connectivity index (χ3n) is 4.94. The van der Waals surface area contributed by atoms with Crippen LogP contribution in [0.1, 0.15) is 5.76 Å². The largest absolute Gasteiger partial charge is 0.469 e. The average Bonchev–Trinajstić information content (AvgIpc) is 3.43. The maximum Gasteiger partial charge on any atom is 0.242 e. The second-order valence-electron chi connectivity index (χ2n) is 7.03. The van der Waals surface area contributed by atoms with Gasteiger partial charge in [0.25, 0.3) is 0 Å². The van der Waals surface area contributed by atoms with E-state index < -0.39 is 0 Å². The molecule has 4 aromatic rings. The van der Waals surface area contributed by atoms with E-state index in [9.17, 15) is 4.79 Å². The van der Waals surface area contributed by atoms with Gasteiger partial charge in [-0.15, -0.1) is 10.2 Å². The fourth-order valence-electron chi connectivity index (χ4n) is 3.38. The summed E-state index contributed by atoms with van der Waals surface area (Å²) in [5.74, 6) is 1.63. The molecule has 0 fully saturated rings. The quantitative estimate of drug-likeness (QED) is 0.337. The summed E-state index contributed by atoms with van der Waals surface area (Å²) < 4.78 is 12.7. The summed E-state index contributed by atoms with van der Waals surface area (Å²) in [6.45, 7) is 2.96. The molecule has 0 spiro atoms. The summed E-state index contributed by atoms with van der Waals surface area (Å²) in [6, 6.07) is 21.1. The second kappa shape index (κ2) is 10.3. The third-order valence-corrected chi connectivity index (χ3v) is 5.89. The Kier molecular flexibility index (Phi) is 7.03. The molecule has 0 N–H and O–H groups in total. The monoisotopic (exact) mass is 448 g/mol. The smallest absolute Gasteiger partial charge is 0.242 e. The molecule has 0 saturated carbocycles. The Bertz CT molecular complexity index is 1120. The molecule has 0 atom stereocenters. The zero-order valence-electron chi connectivity index (χ0n) is 18.0. The van der Waals surface area contributed by atoms with Crippen molar-refractivity contribution < 1.29 is 13.9 Å². The summed E-state index contributed by atoms with van der Waals surface area (Å²) in [6.07, 6.45) is 1.63. The van der Waals surface area contributed by atoms with Gasteiger partial charge >= 0.3 is 0 Å². The van der Waals surface area contributed by atoms with Crippen molar-refractivity contribution in [3.05, 3.63) is 78.8 Å². The normalized spacial score (nSPS) is 10.9. The first-order valence-corrected chi connectivity index (χ1v) is 11.2. The molecule has 0 aliphatic heterocycles. The number of aryl methyl sites for hydroxylation is 1. The number of carbonyl (C=O) groups is 1. The minimum Gasteiger partial charge on any atom is -0.469 e. The van der Waals surface area contributed by atoms with Crippen molar-refractivity contribution in [1.29, 1.82) is 0 Å². The highest BCUT2D eigenvalue weighted by Crippen LogP contribution is 2.29. The van der Waals surface area contributed by atoms with E-state index in [0.29, 0.717) is 24.1 Å². The van der Waals surface area contributed by atoms with Crippen molar-refractivity contribution in [2.24, 2.45) is 0 Å². The molecule has 4 rings (SSSR count). The van der Waals surface area contributed by atoms with Crippen LogP contribution in [0.3, 0.4) is 0 Å². The van der Waals surface area contributed by atoms with E-state index in [1.807, 2.05) is 78.2 Å². The number of carbonyl (C=O) groups excluding carboxylic acids is 1. The zero-order valence-corrected chi connectivity index (χ0v) is 18.8. The Morgan fingerprint density at radius 3 is 2.25 bits per heavy atom. The van der Waals surface area contributed by atoms with E-state index in [4.69, 9.17) is 9.15 Å². The molecular formula is C24H24N4O3S. The summed E-state index contributed by atoms with van der Waals surface area (Å²) in [4.78, 5) is 15.1. The Labute approximate surface area is 191 Å². The summed E-state index contributed by atoms with van der Waals surface area (Å²) in [5, 5.41) is 9.37. The van der Waals surface area contributed by atoms with Gasteiger partial charge in [-0.25, -0.2) is 0 Å². The highest BCUT2D eigenvalue weighted by molar-refractivity contribution is 7.99. The lowest BCUT2D eigenvalue weighted by Gasteiger charge is -2.23. The van der Waals surface area contributed by atoms with Gasteiger partial charge in [0.05, 0.1) is 30.7 Å². The number of para-hydroxylation sites is 2. The van der Waals surface area contributed by atoms with Gasteiger partial charge in [-0.05, 0) is 37.3 Å². The average molecular weight is 449 g/mol. The van der Waals surface area contributed by atoms with Crippen LogP contribution in [0.15, 0.2) is 82.6 Å². The van der Waals surface area contributed by atoms with Crippen LogP contribution in [0.4, 0.5) is 11.4 Å². The number of methoxy groups -OCH3 is 1. The molecule has 7 nitrogen and oxygen atoms in total. The van der Waals surface area contributed by atoms with Crippen molar-refractivity contribution in [3.63, 3.8) is 0 Å². The Morgan fingerprint density at radius 2 is 1.69 bits per heavy atom. The number of hydrogen-bond acceptors (Lipinski definition) is 6. The number of amides is 1. The molecule has 0 radical (unpaired) electrons. The van der Waals surface area contributed by atoms with Crippen LogP contribution in [0, 0.1) is 6.92 Å². The molecule has 8 heteroatoms. The summed E-state index contributed by atoms with van der Waals surface area (Å²) >= 11 is 1.36. The van der Waals surface area contributed by atoms with E-state index >= 15 is 0 Å². The molecule has 0 bridgehead atoms. The molecule has 2 aromatic carbocycles. The van der Waals surface area contributed by atoms with Gasteiger partial charge in [0.15, 0.2) is 11.0 Å². The molecule has 0 saturated heterocycles. The molecular weight excluding hydrogens is 424 g/mol. The van der Waals surface area contributed by atoms with Crippen molar-refractivity contribution in [2.45, 2.75) is 18.6 Å². The van der Waals surface area contributed by atoms with E-state index in [2.05, 4.69) is 10.2 Å². The van der Waals surface area contributed by atoms with Gasteiger partial charge in [-0.2, -0.15) is 0 Å². The van der Waals surface area contributed by atoms with Gasteiger partial charge in [-0.3, -0.25) is 14.3 Å². The van der Waals surface area contributed by atoms with Gasteiger partial charge in [0.2, 0.25) is 5.91 Å². The van der Waals surface area contributed by atoms with Crippen LogP contribution < -0.4 is 4.90 Å². The van der Waals surface area contributed by atoms with Crippen molar-refractivity contribution in [3.8, 4) is 11.4 Å². The minimum absolute atomic E-state index is 0.0465. The number of nitrogens with zero attached hydrogens (tertiary/aromatic N) is 4. The Hall–Kier alpha value is -3.36.